The SMILES string of the molecule is CC(C)(C)c1cc(CN2CCN(Cc3cc(=O)c4ccccc4o3)CC2)cc(C(C)(C)C)c1O. The first-order valence-corrected chi connectivity index (χ1v) is 12.2. The zero-order chi connectivity index (χ0) is 24.7. The molecule has 0 spiro atoms. The molecule has 3 aromatic rings. The Bertz CT molecular complexity index is 1190. The highest BCUT2D eigenvalue weighted by molar-refractivity contribution is 5.76. The number of phenols is 1. The lowest BCUT2D eigenvalue weighted by molar-refractivity contribution is 0.116. The Morgan fingerprint density at radius 1 is 0.824 bits per heavy atom. The third-order valence-corrected chi connectivity index (χ3v) is 6.72. The molecule has 0 saturated carbocycles. The average molecular weight is 463 g/mol. The highest BCUT2D eigenvalue weighted by Crippen LogP contribution is 2.40. The van der Waals surface area contributed by atoms with Gasteiger partial charge < -0.3 is 9.52 Å². The molecule has 5 nitrogen and oxygen atoms in total. The number of aromatic hydroxyl groups is 1. The zero-order valence-corrected chi connectivity index (χ0v) is 21.4. The van der Waals surface area contributed by atoms with Crippen molar-refractivity contribution in [3.8, 4) is 5.75 Å². The van der Waals surface area contributed by atoms with E-state index in [1.165, 1.54) is 5.56 Å². The summed E-state index contributed by atoms with van der Waals surface area (Å²) in [5.41, 5.74) is 3.71. The Hall–Kier alpha value is -2.63. The lowest BCUT2D eigenvalue weighted by Gasteiger charge is -2.35. The van der Waals surface area contributed by atoms with Gasteiger partial charge in [0.2, 0.25) is 0 Å². The van der Waals surface area contributed by atoms with Gasteiger partial charge in [0.1, 0.15) is 17.1 Å². The summed E-state index contributed by atoms with van der Waals surface area (Å²) >= 11 is 0. The Labute approximate surface area is 203 Å². The van der Waals surface area contributed by atoms with E-state index in [1.54, 1.807) is 6.07 Å². The second-order valence-corrected chi connectivity index (χ2v) is 11.7. The molecule has 34 heavy (non-hydrogen) atoms. The van der Waals surface area contributed by atoms with E-state index in [2.05, 4.69) is 63.5 Å². The average Bonchev–Trinajstić information content (AvgIpc) is 2.75. The van der Waals surface area contributed by atoms with Crippen LogP contribution in [0.5, 0.6) is 5.75 Å². The fraction of sp³-hybridized carbons (Fsp3) is 0.483. The number of para-hydroxylation sites is 1. The van der Waals surface area contributed by atoms with Crippen molar-refractivity contribution in [2.24, 2.45) is 0 Å². The smallest absolute Gasteiger partial charge is 0.192 e. The van der Waals surface area contributed by atoms with E-state index in [4.69, 9.17) is 4.42 Å². The lowest BCUT2D eigenvalue weighted by Crippen LogP contribution is -2.45. The number of benzene rings is 2. The number of fused-ring (bicyclic) bond motifs is 1. The first-order chi connectivity index (χ1) is 15.9. The molecule has 1 aliphatic rings. The molecule has 5 heteroatoms. The summed E-state index contributed by atoms with van der Waals surface area (Å²) in [7, 11) is 0. The highest BCUT2D eigenvalue weighted by atomic mass is 16.3. The molecule has 1 N–H and O–H groups in total. The van der Waals surface area contributed by atoms with Gasteiger partial charge in [-0.25, -0.2) is 0 Å². The Morgan fingerprint density at radius 2 is 1.35 bits per heavy atom. The van der Waals surface area contributed by atoms with Crippen LogP contribution in [-0.2, 0) is 23.9 Å². The van der Waals surface area contributed by atoms with Crippen LogP contribution in [0.2, 0.25) is 0 Å². The molecular weight excluding hydrogens is 424 g/mol. The predicted octanol–water partition coefficient (Wildman–Crippen LogP) is 5.41. The van der Waals surface area contributed by atoms with Crippen molar-refractivity contribution in [3.05, 3.63) is 75.1 Å². The third-order valence-electron chi connectivity index (χ3n) is 6.72. The number of phenolic OH excluding ortho intramolecular Hbond substituents is 1. The minimum Gasteiger partial charge on any atom is -0.507 e. The second-order valence-electron chi connectivity index (χ2n) is 11.7. The maximum atomic E-state index is 12.4. The van der Waals surface area contributed by atoms with E-state index in [1.807, 2.05) is 24.3 Å². The molecule has 1 aliphatic heterocycles. The molecule has 2 aromatic carbocycles. The van der Waals surface area contributed by atoms with Crippen LogP contribution in [0.3, 0.4) is 0 Å². The predicted molar refractivity (Wildman–Crippen MR) is 139 cm³/mol. The van der Waals surface area contributed by atoms with Crippen LogP contribution in [0, 0.1) is 0 Å². The van der Waals surface area contributed by atoms with Gasteiger partial charge >= 0.3 is 0 Å². The topological polar surface area (TPSA) is 56.9 Å². The zero-order valence-electron chi connectivity index (χ0n) is 21.4. The van der Waals surface area contributed by atoms with E-state index < -0.39 is 0 Å². The van der Waals surface area contributed by atoms with Gasteiger partial charge in [0.15, 0.2) is 5.43 Å². The maximum Gasteiger partial charge on any atom is 0.192 e. The number of piperazine rings is 1. The number of nitrogens with zero attached hydrogens (tertiary/aromatic N) is 2. The largest absolute Gasteiger partial charge is 0.507 e. The van der Waals surface area contributed by atoms with Gasteiger partial charge in [0, 0.05) is 38.8 Å². The van der Waals surface area contributed by atoms with Crippen LogP contribution < -0.4 is 5.43 Å². The summed E-state index contributed by atoms with van der Waals surface area (Å²) in [6.07, 6.45) is 0. The minimum atomic E-state index is -0.122. The summed E-state index contributed by atoms with van der Waals surface area (Å²) in [4.78, 5) is 17.2. The first-order valence-electron chi connectivity index (χ1n) is 12.2. The number of hydrogen-bond donors (Lipinski definition) is 1. The van der Waals surface area contributed by atoms with Crippen molar-refractivity contribution in [3.63, 3.8) is 0 Å². The molecule has 1 fully saturated rings. The molecular formula is C29H38N2O3. The number of hydrogen-bond acceptors (Lipinski definition) is 5. The summed E-state index contributed by atoms with van der Waals surface area (Å²) < 4.78 is 5.99. The van der Waals surface area contributed by atoms with E-state index in [-0.39, 0.29) is 16.3 Å². The minimum absolute atomic E-state index is 0.0205. The van der Waals surface area contributed by atoms with Crippen LogP contribution in [-0.4, -0.2) is 41.1 Å². The van der Waals surface area contributed by atoms with Crippen LogP contribution in [0.1, 0.15) is 64.0 Å². The number of rotatable bonds is 4. The molecule has 1 aromatic heterocycles. The van der Waals surface area contributed by atoms with Crippen molar-refractivity contribution in [1.82, 2.24) is 9.80 Å². The molecule has 0 amide bonds. The monoisotopic (exact) mass is 462 g/mol. The van der Waals surface area contributed by atoms with Crippen molar-refractivity contribution in [1.29, 1.82) is 0 Å². The van der Waals surface area contributed by atoms with E-state index in [0.29, 0.717) is 23.3 Å². The van der Waals surface area contributed by atoms with E-state index in [0.717, 1.165) is 49.6 Å². The van der Waals surface area contributed by atoms with Gasteiger partial charge in [0.25, 0.3) is 0 Å². The van der Waals surface area contributed by atoms with E-state index >= 15 is 0 Å². The third kappa shape index (κ3) is 5.37. The molecule has 1 saturated heterocycles. The Morgan fingerprint density at radius 3 is 1.91 bits per heavy atom. The highest BCUT2D eigenvalue weighted by Gasteiger charge is 2.27. The first kappa shape index (κ1) is 24.5. The van der Waals surface area contributed by atoms with Gasteiger partial charge in [-0.05, 0) is 39.7 Å². The van der Waals surface area contributed by atoms with Crippen LogP contribution >= 0.6 is 0 Å². The van der Waals surface area contributed by atoms with Crippen molar-refractivity contribution in [2.75, 3.05) is 26.2 Å². The standard InChI is InChI=1S/C29H38N2O3/c1-28(2,3)23-15-20(16-24(27(23)33)29(4,5)6)18-30-11-13-31(14-12-30)19-21-17-25(32)22-9-7-8-10-26(22)34-21/h7-10,15-17,33H,11-14,18-19H2,1-6H3. The van der Waals surface area contributed by atoms with Crippen LogP contribution in [0.4, 0.5) is 0 Å². The molecule has 0 unspecified atom stereocenters. The van der Waals surface area contributed by atoms with Gasteiger partial charge in [-0.15, -0.1) is 0 Å². The van der Waals surface area contributed by atoms with Gasteiger partial charge in [-0.1, -0.05) is 65.8 Å². The molecule has 0 aliphatic carbocycles. The van der Waals surface area contributed by atoms with Gasteiger partial charge in [0.05, 0.1) is 11.9 Å². The summed E-state index contributed by atoms with van der Waals surface area (Å²) in [5, 5.41) is 11.6. The molecule has 4 rings (SSSR count). The maximum absolute atomic E-state index is 12.4. The summed E-state index contributed by atoms with van der Waals surface area (Å²) in [6.45, 7) is 18.2. The van der Waals surface area contributed by atoms with Crippen molar-refractivity contribution in [2.45, 2.75) is 65.5 Å². The Balaban J connectivity index is 1.45. The molecule has 0 atom stereocenters. The lowest BCUT2D eigenvalue weighted by atomic mass is 9.78. The van der Waals surface area contributed by atoms with Crippen molar-refractivity contribution < 1.29 is 9.52 Å². The van der Waals surface area contributed by atoms with Crippen molar-refractivity contribution >= 4 is 11.0 Å². The fourth-order valence-corrected chi connectivity index (χ4v) is 4.74. The summed E-state index contributed by atoms with van der Waals surface area (Å²) in [5.74, 6) is 1.16. The second kappa shape index (κ2) is 9.20. The summed E-state index contributed by atoms with van der Waals surface area (Å²) in [6, 6.07) is 13.4. The molecule has 182 valence electrons. The van der Waals surface area contributed by atoms with Gasteiger partial charge in [-0.3, -0.25) is 14.6 Å². The van der Waals surface area contributed by atoms with E-state index in [9.17, 15) is 9.90 Å². The fourth-order valence-electron chi connectivity index (χ4n) is 4.74. The van der Waals surface area contributed by atoms with Crippen LogP contribution in [0.25, 0.3) is 11.0 Å². The molecule has 0 bridgehead atoms. The quantitative estimate of drug-likeness (QED) is 0.562. The molecule has 0 radical (unpaired) electrons. The van der Waals surface area contributed by atoms with Gasteiger partial charge in [-0.2, -0.15) is 0 Å². The normalized spacial score (nSPS) is 16.3. The Kier molecular flexibility index (Phi) is 6.63. The molecule has 2 heterocycles. The van der Waals surface area contributed by atoms with Crippen LogP contribution in [0.15, 0.2) is 51.7 Å².